The summed E-state index contributed by atoms with van der Waals surface area (Å²) < 4.78 is 10.5. The summed E-state index contributed by atoms with van der Waals surface area (Å²) in [6.45, 7) is 0.398. The molecule has 0 fully saturated rings. The number of benzene rings is 1. The van der Waals surface area contributed by atoms with Gasteiger partial charge in [-0.05, 0) is 24.3 Å². The third-order valence-electron chi connectivity index (χ3n) is 3.38. The SMILES string of the molecule is COc1ccccc1-c1noc(CCNC(=O)c2ccncc2)n1. The number of nitrogens with zero attached hydrogens (tertiary/aromatic N) is 3. The summed E-state index contributed by atoms with van der Waals surface area (Å²) in [6, 6.07) is 10.8. The summed E-state index contributed by atoms with van der Waals surface area (Å²) in [4.78, 5) is 20.1. The number of methoxy groups -OCH3 is 1. The van der Waals surface area contributed by atoms with Crippen molar-refractivity contribution >= 4 is 5.91 Å². The van der Waals surface area contributed by atoms with Gasteiger partial charge in [0.05, 0.1) is 12.7 Å². The van der Waals surface area contributed by atoms with Crippen LogP contribution in [0.15, 0.2) is 53.3 Å². The van der Waals surface area contributed by atoms with Gasteiger partial charge in [0.25, 0.3) is 5.91 Å². The van der Waals surface area contributed by atoms with Gasteiger partial charge in [-0.25, -0.2) is 0 Å². The molecular weight excluding hydrogens is 308 g/mol. The van der Waals surface area contributed by atoms with Crippen LogP contribution in [-0.4, -0.2) is 34.7 Å². The average Bonchev–Trinajstić information content (AvgIpc) is 3.11. The normalized spacial score (nSPS) is 10.4. The first-order valence-corrected chi connectivity index (χ1v) is 7.42. The number of hydrogen-bond donors (Lipinski definition) is 1. The van der Waals surface area contributed by atoms with E-state index in [0.29, 0.717) is 36.0 Å². The minimum atomic E-state index is -0.165. The molecule has 0 radical (unpaired) electrons. The second kappa shape index (κ2) is 7.36. The van der Waals surface area contributed by atoms with Crippen molar-refractivity contribution in [2.75, 3.05) is 13.7 Å². The van der Waals surface area contributed by atoms with Crippen LogP contribution in [-0.2, 0) is 6.42 Å². The number of aromatic nitrogens is 3. The number of nitrogens with one attached hydrogen (secondary N) is 1. The molecule has 0 aliphatic carbocycles. The van der Waals surface area contributed by atoms with E-state index < -0.39 is 0 Å². The number of amides is 1. The lowest BCUT2D eigenvalue weighted by molar-refractivity contribution is 0.0953. The van der Waals surface area contributed by atoms with Crippen LogP contribution in [0, 0.1) is 0 Å². The van der Waals surface area contributed by atoms with Gasteiger partial charge in [-0.1, -0.05) is 17.3 Å². The molecule has 1 aromatic carbocycles. The van der Waals surface area contributed by atoms with Crippen LogP contribution in [0.5, 0.6) is 5.75 Å². The van der Waals surface area contributed by atoms with Crippen LogP contribution < -0.4 is 10.1 Å². The van der Waals surface area contributed by atoms with Crippen molar-refractivity contribution in [1.29, 1.82) is 0 Å². The predicted molar refractivity (Wildman–Crippen MR) is 86.6 cm³/mol. The van der Waals surface area contributed by atoms with E-state index in [-0.39, 0.29) is 5.91 Å². The van der Waals surface area contributed by atoms with Gasteiger partial charge in [0.2, 0.25) is 11.7 Å². The maximum absolute atomic E-state index is 11.9. The molecule has 0 atom stereocenters. The van der Waals surface area contributed by atoms with Crippen molar-refractivity contribution in [1.82, 2.24) is 20.4 Å². The number of ether oxygens (including phenoxy) is 1. The van der Waals surface area contributed by atoms with Gasteiger partial charge in [0, 0.05) is 30.9 Å². The predicted octanol–water partition coefficient (Wildman–Crippen LogP) is 2.11. The summed E-state index contributed by atoms with van der Waals surface area (Å²) in [5.41, 5.74) is 1.32. The number of hydrogen-bond acceptors (Lipinski definition) is 6. The van der Waals surface area contributed by atoms with Crippen LogP contribution in [0.1, 0.15) is 16.2 Å². The fraction of sp³-hybridized carbons (Fsp3) is 0.176. The smallest absolute Gasteiger partial charge is 0.251 e. The molecule has 122 valence electrons. The third kappa shape index (κ3) is 3.57. The van der Waals surface area contributed by atoms with E-state index in [2.05, 4.69) is 20.4 Å². The number of para-hydroxylation sites is 1. The topological polar surface area (TPSA) is 90.1 Å². The zero-order valence-corrected chi connectivity index (χ0v) is 13.1. The molecule has 1 amide bonds. The molecule has 7 nitrogen and oxygen atoms in total. The van der Waals surface area contributed by atoms with Crippen molar-refractivity contribution in [2.45, 2.75) is 6.42 Å². The summed E-state index contributed by atoms with van der Waals surface area (Å²) in [5.74, 6) is 1.42. The fourth-order valence-corrected chi connectivity index (χ4v) is 2.18. The lowest BCUT2D eigenvalue weighted by Gasteiger charge is -2.03. The first-order valence-electron chi connectivity index (χ1n) is 7.42. The van der Waals surface area contributed by atoms with Gasteiger partial charge in [-0.15, -0.1) is 0 Å². The fourth-order valence-electron chi connectivity index (χ4n) is 2.18. The summed E-state index contributed by atoms with van der Waals surface area (Å²) in [7, 11) is 1.59. The van der Waals surface area contributed by atoms with Crippen LogP contribution in [0.4, 0.5) is 0 Å². The Morgan fingerprint density at radius 3 is 2.79 bits per heavy atom. The van der Waals surface area contributed by atoms with Crippen LogP contribution in [0.2, 0.25) is 0 Å². The molecule has 0 unspecified atom stereocenters. The van der Waals surface area contributed by atoms with E-state index in [1.54, 1.807) is 31.6 Å². The van der Waals surface area contributed by atoms with E-state index in [4.69, 9.17) is 9.26 Å². The maximum Gasteiger partial charge on any atom is 0.251 e. The van der Waals surface area contributed by atoms with E-state index >= 15 is 0 Å². The molecule has 0 aliphatic heterocycles. The van der Waals surface area contributed by atoms with Gasteiger partial charge in [-0.3, -0.25) is 9.78 Å². The number of carbonyl (C=O) groups is 1. The summed E-state index contributed by atoms with van der Waals surface area (Å²) in [6.07, 6.45) is 3.60. The second-order valence-corrected chi connectivity index (χ2v) is 4.95. The highest BCUT2D eigenvalue weighted by molar-refractivity contribution is 5.93. The average molecular weight is 324 g/mol. The third-order valence-corrected chi connectivity index (χ3v) is 3.38. The Hall–Kier alpha value is -3.22. The van der Waals surface area contributed by atoms with Gasteiger partial charge in [0.15, 0.2) is 0 Å². The summed E-state index contributed by atoms with van der Waals surface area (Å²) in [5, 5.41) is 6.76. The highest BCUT2D eigenvalue weighted by atomic mass is 16.5. The maximum atomic E-state index is 11.9. The molecule has 0 spiro atoms. The van der Waals surface area contributed by atoms with E-state index in [1.807, 2.05) is 24.3 Å². The molecule has 7 heteroatoms. The van der Waals surface area contributed by atoms with Crippen LogP contribution >= 0.6 is 0 Å². The largest absolute Gasteiger partial charge is 0.496 e. The van der Waals surface area contributed by atoms with Crippen molar-refractivity contribution in [3.63, 3.8) is 0 Å². The molecule has 0 bridgehead atoms. The Balaban J connectivity index is 1.60. The first kappa shape index (κ1) is 15.7. The quantitative estimate of drug-likeness (QED) is 0.747. The van der Waals surface area contributed by atoms with Crippen molar-refractivity contribution in [3.8, 4) is 17.1 Å². The lowest BCUT2D eigenvalue weighted by atomic mass is 10.2. The molecule has 3 rings (SSSR count). The first-order chi connectivity index (χ1) is 11.8. The highest BCUT2D eigenvalue weighted by Gasteiger charge is 2.13. The summed E-state index contributed by atoms with van der Waals surface area (Å²) >= 11 is 0. The zero-order chi connectivity index (χ0) is 16.8. The van der Waals surface area contributed by atoms with Crippen molar-refractivity contribution < 1.29 is 14.1 Å². The number of pyridine rings is 1. The Morgan fingerprint density at radius 1 is 1.21 bits per heavy atom. The Kier molecular flexibility index (Phi) is 4.81. The molecule has 0 aliphatic rings. The molecule has 24 heavy (non-hydrogen) atoms. The van der Waals surface area contributed by atoms with E-state index in [9.17, 15) is 4.79 Å². The van der Waals surface area contributed by atoms with Crippen LogP contribution in [0.3, 0.4) is 0 Å². The second-order valence-electron chi connectivity index (χ2n) is 4.95. The number of rotatable bonds is 6. The minimum absolute atomic E-state index is 0.165. The lowest BCUT2D eigenvalue weighted by Crippen LogP contribution is -2.25. The molecule has 3 aromatic rings. The van der Waals surface area contributed by atoms with Crippen molar-refractivity contribution in [3.05, 3.63) is 60.2 Å². The standard InChI is InChI=1S/C17H16N4O3/c1-23-14-5-3-2-4-13(14)16-20-15(24-21-16)8-11-19-17(22)12-6-9-18-10-7-12/h2-7,9-10H,8,11H2,1H3,(H,19,22). The van der Waals surface area contributed by atoms with Gasteiger partial charge in [0.1, 0.15) is 5.75 Å². The van der Waals surface area contributed by atoms with E-state index in [1.165, 1.54) is 0 Å². The van der Waals surface area contributed by atoms with Gasteiger partial charge < -0.3 is 14.6 Å². The van der Waals surface area contributed by atoms with Gasteiger partial charge in [-0.2, -0.15) is 4.98 Å². The van der Waals surface area contributed by atoms with Crippen LogP contribution in [0.25, 0.3) is 11.4 Å². The molecule has 1 N–H and O–H groups in total. The zero-order valence-electron chi connectivity index (χ0n) is 13.1. The Labute approximate surface area is 138 Å². The van der Waals surface area contributed by atoms with E-state index in [0.717, 1.165) is 5.56 Å². The molecule has 0 saturated carbocycles. The Morgan fingerprint density at radius 2 is 2.00 bits per heavy atom. The highest BCUT2D eigenvalue weighted by Crippen LogP contribution is 2.26. The Bertz CT molecular complexity index is 817. The van der Waals surface area contributed by atoms with Crippen molar-refractivity contribution in [2.24, 2.45) is 0 Å². The molecule has 0 saturated heterocycles. The molecule has 2 aromatic heterocycles. The van der Waals surface area contributed by atoms with Gasteiger partial charge >= 0.3 is 0 Å². The minimum Gasteiger partial charge on any atom is -0.496 e. The molecular formula is C17H16N4O3. The number of carbonyl (C=O) groups excluding carboxylic acids is 1. The monoisotopic (exact) mass is 324 g/mol. The molecule has 2 heterocycles.